The molecule has 2 aliphatic heterocycles. The summed E-state index contributed by atoms with van der Waals surface area (Å²) in [5.41, 5.74) is 6.45. The fraction of sp³-hybridized carbons (Fsp3) is 0. The number of nitrogens with zero attached hydrogens (tertiary/aromatic N) is 6. The molecule has 11 nitrogen and oxygen atoms in total. The number of rotatable bonds is 0. The number of H-pyrrole nitrogens is 2. The van der Waals surface area contributed by atoms with Gasteiger partial charge in [-0.25, -0.2) is 29.9 Å². The van der Waals surface area contributed by atoms with E-state index in [4.69, 9.17) is 42.9 Å². The molecule has 0 saturated heterocycles. The Kier molecular flexibility index (Phi) is 7.78. The molecule has 5 heterocycles. The number of aromatic amines is 2. The number of fused-ring (bicyclic) bond motifs is 20. The average molecular weight is 683 g/mol. The molecule has 2 aliphatic rings. The third-order valence-corrected chi connectivity index (χ3v) is 7.46. The van der Waals surface area contributed by atoms with Gasteiger partial charge in [0.25, 0.3) is 0 Å². The van der Waals surface area contributed by atoms with Crippen molar-refractivity contribution in [2.45, 2.75) is 0 Å². The van der Waals surface area contributed by atoms with Crippen molar-refractivity contribution in [1.29, 1.82) is 0 Å². The van der Waals surface area contributed by atoms with Crippen LogP contribution in [-0.4, -0.2) is 82.4 Å². The molecular formula is C32H20CuN8NaO3S. The van der Waals surface area contributed by atoms with Crippen molar-refractivity contribution in [3.05, 3.63) is 97.1 Å². The van der Waals surface area contributed by atoms with Gasteiger partial charge in [-0.2, -0.15) is 0 Å². The minimum atomic E-state index is -4.10. The smallest absolute Gasteiger partial charge is 0.164 e. The van der Waals surface area contributed by atoms with Gasteiger partial charge in [0, 0.05) is 43.8 Å². The Balaban J connectivity index is 0.000000526. The van der Waals surface area contributed by atoms with Gasteiger partial charge in [0.15, 0.2) is 23.3 Å². The van der Waals surface area contributed by atoms with Crippen molar-refractivity contribution in [2.24, 2.45) is 0 Å². The van der Waals surface area contributed by atoms with Gasteiger partial charge in [-0.15, -0.1) is 0 Å². The third-order valence-electron chi connectivity index (χ3n) is 7.46. The number of hydrogen-bond donors (Lipinski definition) is 3. The van der Waals surface area contributed by atoms with Crippen molar-refractivity contribution in [1.82, 2.24) is 39.9 Å². The second-order valence-electron chi connectivity index (χ2n) is 10.2. The molecule has 0 aliphatic carbocycles. The van der Waals surface area contributed by atoms with Crippen LogP contribution in [0.3, 0.4) is 0 Å². The molecule has 0 fully saturated rings. The quantitative estimate of drug-likeness (QED) is 0.137. The first-order valence-electron chi connectivity index (χ1n) is 13.6. The van der Waals surface area contributed by atoms with Gasteiger partial charge in [-0.05, 0) is 0 Å². The molecular weight excluding hydrogens is 663 g/mol. The molecule has 8 bridgehead atoms. The second-order valence-corrected chi connectivity index (χ2v) is 12.4. The number of hydrogen-bond acceptors (Lipinski definition) is 8. The fourth-order valence-electron chi connectivity index (χ4n) is 5.59. The number of nitrogens with one attached hydrogen (secondary N) is 2. The molecule has 0 unspecified atom stereocenters. The topological polar surface area (TPSA) is 163 Å². The van der Waals surface area contributed by atoms with Crippen LogP contribution in [0.5, 0.6) is 0 Å². The maximum absolute atomic E-state index is 8.99. The Bertz CT molecular complexity index is 2300. The molecule has 3 aromatic heterocycles. The zero-order valence-electron chi connectivity index (χ0n) is 22.9. The maximum Gasteiger partial charge on any atom is 0.164 e. The number of benzene rings is 4. The van der Waals surface area contributed by atoms with E-state index < -0.39 is 8.54 Å². The first-order valence-corrected chi connectivity index (χ1v) is 16.1. The average Bonchev–Trinajstić information content (AvgIpc) is 3.76. The van der Waals surface area contributed by atoms with Crippen molar-refractivity contribution in [3.63, 3.8) is 0 Å². The molecule has 46 heavy (non-hydrogen) atoms. The monoisotopic (exact) mass is 682 g/mol. The van der Waals surface area contributed by atoms with E-state index in [1.807, 2.05) is 97.1 Å². The summed E-state index contributed by atoms with van der Waals surface area (Å²) >= 11 is 3.49. The summed E-state index contributed by atoms with van der Waals surface area (Å²) in [4.78, 5) is 36.8. The van der Waals surface area contributed by atoms with Gasteiger partial charge in [-0.1, -0.05) is 97.1 Å². The molecule has 3 N–H and O–H groups in total. The van der Waals surface area contributed by atoms with Crippen molar-refractivity contribution in [3.8, 4) is 45.6 Å². The van der Waals surface area contributed by atoms with Crippen LogP contribution in [0, 0.1) is 0 Å². The van der Waals surface area contributed by atoms with Gasteiger partial charge < -0.3 is 9.97 Å². The summed E-state index contributed by atoms with van der Waals surface area (Å²) in [7, 11) is -4.10. The maximum atomic E-state index is 8.99. The fourth-order valence-corrected chi connectivity index (χ4v) is 5.59. The summed E-state index contributed by atoms with van der Waals surface area (Å²) in [6.45, 7) is 0. The Morgan fingerprint density at radius 3 is 0.913 bits per heavy atom. The van der Waals surface area contributed by atoms with E-state index in [2.05, 4.69) is 24.9 Å². The minimum absolute atomic E-state index is 0. The van der Waals surface area contributed by atoms with Gasteiger partial charge in [0.05, 0.1) is 0 Å². The van der Waals surface area contributed by atoms with Crippen LogP contribution >= 0.6 is 0 Å². The summed E-state index contributed by atoms with van der Waals surface area (Å²) in [6, 6.07) is 32.2. The largest absolute Gasteiger partial charge is 0.324 e. The summed E-state index contributed by atoms with van der Waals surface area (Å²) in [5, 5.41) is 3.82. The molecule has 9 rings (SSSR count). The van der Waals surface area contributed by atoms with E-state index in [1.54, 1.807) is 0 Å². The minimum Gasteiger partial charge on any atom is -0.324 e. The van der Waals surface area contributed by atoms with Crippen LogP contribution in [0.25, 0.3) is 89.7 Å². The second kappa shape index (κ2) is 11.8. The molecule has 7 aromatic rings. The molecule has 14 heteroatoms. The molecule has 0 atom stereocenters. The van der Waals surface area contributed by atoms with Gasteiger partial charge in [-0.3, -0.25) is 0 Å². The predicted molar refractivity (Wildman–Crippen MR) is 175 cm³/mol. The van der Waals surface area contributed by atoms with Crippen molar-refractivity contribution in [2.75, 3.05) is 0 Å². The zero-order valence-corrected chi connectivity index (χ0v) is 24.7. The van der Waals surface area contributed by atoms with Crippen LogP contribution in [0.4, 0.5) is 0 Å². The van der Waals surface area contributed by atoms with Crippen LogP contribution in [-0.2, 0) is 23.4 Å². The molecule has 0 amide bonds. The first kappa shape index (κ1) is 30.3. The Hall–Kier alpha value is -4.33. The van der Waals surface area contributed by atoms with E-state index in [-0.39, 0.29) is 29.6 Å². The van der Waals surface area contributed by atoms with Gasteiger partial charge in [0.2, 0.25) is 0 Å². The van der Waals surface area contributed by atoms with E-state index in [0.29, 0.717) is 45.9 Å². The van der Waals surface area contributed by atoms with Crippen molar-refractivity contribution >= 4 is 82.2 Å². The summed E-state index contributed by atoms with van der Waals surface area (Å²) < 4.78 is 25.3. The van der Waals surface area contributed by atoms with Crippen molar-refractivity contribution < 1.29 is 27.9 Å². The predicted octanol–water partition coefficient (Wildman–Crippen LogP) is 5.56. The van der Waals surface area contributed by atoms with Crippen LogP contribution in [0.15, 0.2) is 97.1 Å². The first-order chi connectivity index (χ1) is 21.8. The summed E-state index contributed by atoms with van der Waals surface area (Å²) in [5.74, 6) is 2.39. The Morgan fingerprint density at radius 1 is 0.457 bits per heavy atom. The molecule has 0 spiro atoms. The van der Waals surface area contributed by atoms with Crippen LogP contribution < -0.4 is 0 Å². The zero-order chi connectivity index (χ0) is 30.7. The van der Waals surface area contributed by atoms with E-state index in [9.17, 15) is 0 Å². The molecule has 224 valence electrons. The molecule has 4 aromatic carbocycles. The standard InChI is InChI=1S/C32H18N8.Cu.Na.HO3S.H/c1-2-10-18-17(9-1)25-33-26(18)38-28-21-13-5-6-14-22(21)30(35-28)40-32-24-16-8-7-15-23(24)31(36-32)39-29-20-12-4-3-11-19(20)27(34-29)37-25;;;1-4(2)3;/h1-16H,(H2,33,34,35,36,37,38,39,40);;;(H,1,2,3);. The normalized spacial score (nSPS) is 11.7. The Labute approximate surface area is 290 Å². The van der Waals surface area contributed by atoms with E-state index in [0.717, 1.165) is 43.8 Å². The Morgan fingerprint density at radius 2 is 0.674 bits per heavy atom. The third kappa shape index (κ3) is 5.52. The number of aromatic nitrogens is 8. The van der Waals surface area contributed by atoms with E-state index in [1.165, 1.54) is 0 Å². The van der Waals surface area contributed by atoms with Crippen LogP contribution in [0.1, 0.15) is 0 Å². The van der Waals surface area contributed by atoms with Crippen LogP contribution in [0.2, 0.25) is 0 Å². The summed E-state index contributed by atoms with van der Waals surface area (Å²) in [6.07, 6.45) is 0. The van der Waals surface area contributed by atoms with E-state index >= 15 is 0 Å². The van der Waals surface area contributed by atoms with Gasteiger partial charge >= 0.3 is 66.0 Å². The van der Waals surface area contributed by atoms with Gasteiger partial charge in [0.1, 0.15) is 22.6 Å². The molecule has 0 saturated carbocycles. The molecule has 0 radical (unpaired) electrons. The SMILES string of the molecule is O=[S](=O)(O)[Cu].[NaH].c1ccc2c(c1)-c1nc-2nc2[nH]c(nc3nc(nc4[nH]c(n1)c1ccccc41)-c1ccccc1-3)c1ccccc21.